The Hall–Kier alpha value is -1.16. The Morgan fingerprint density at radius 1 is 1.50 bits per heavy atom. The number of ketones is 1. The zero-order valence-corrected chi connectivity index (χ0v) is 8.89. The summed E-state index contributed by atoms with van der Waals surface area (Å²) >= 11 is 1.29. The van der Waals surface area contributed by atoms with E-state index in [2.05, 4.69) is 5.32 Å². The average molecular weight is 211 g/mol. The Labute approximate surface area is 87.1 Å². The van der Waals surface area contributed by atoms with Gasteiger partial charge in [-0.3, -0.25) is 9.59 Å². The van der Waals surface area contributed by atoms with Gasteiger partial charge in [0.25, 0.3) is 11.7 Å². The van der Waals surface area contributed by atoms with Crippen molar-refractivity contribution >= 4 is 23.0 Å². The third-order valence-corrected chi connectivity index (χ3v) is 2.64. The first kappa shape index (κ1) is 10.9. The molecule has 4 heteroatoms. The Morgan fingerprint density at radius 3 is 2.86 bits per heavy atom. The van der Waals surface area contributed by atoms with Crippen molar-refractivity contribution in [1.82, 2.24) is 5.32 Å². The van der Waals surface area contributed by atoms with Gasteiger partial charge in [0.15, 0.2) is 0 Å². The first-order valence-electron chi connectivity index (χ1n) is 4.61. The predicted octanol–water partition coefficient (Wildman–Crippen LogP) is 1.85. The molecule has 0 atom stereocenters. The highest BCUT2D eigenvalue weighted by Gasteiger charge is 2.15. The van der Waals surface area contributed by atoms with Crippen molar-refractivity contribution in [2.45, 2.75) is 19.8 Å². The number of carbonyl (C=O) groups excluding carboxylic acids is 2. The quantitative estimate of drug-likeness (QED) is 0.459. The van der Waals surface area contributed by atoms with Crippen molar-refractivity contribution in [2.75, 3.05) is 6.54 Å². The normalized spacial score (nSPS) is 9.79. The molecule has 0 spiro atoms. The second-order valence-corrected chi connectivity index (χ2v) is 3.86. The van der Waals surface area contributed by atoms with Crippen molar-refractivity contribution in [3.63, 3.8) is 0 Å². The zero-order chi connectivity index (χ0) is 10.4. The fourth-order valence-corrected chi connectivity index (χ4v) is 1.64. The van der Waals surface area contributed by atoms with Crippen LogP contribution in [0.3, 0.4) is 0 Å². The summed E-state index contributed by atoms with van der Waals surface area (Å²) in [6.07, 6.45) is 1.91. The van der Waals surface area contributed by atoms with Gasteiger partial charge in [0.05, 0.1) is 4.88 Å². The maximum atomic E-state index is 11.4. The van der Waals surface area contributed by atoms with Crippen LogP contribution in [0.15, 0.2) is 17.5 Å². The molecule has 1 N–H and O–H groups in total. The van der Waals surface area contributed by atoms with Crippen molar-refractivity contribution in [3.8, 4) is 0 Å². The Bertz CT molecular complexity index is 306. The molecule has 0 aliphatic heterocycles. The molecule has 1 rings (SSSR count). The van der Waals surface area contributed by atoms with E-state index in [9.17, 15) is 9.59 Å². The molecule has 76 valence electrons. The van der Waals surface area contributed by atoms with Crippen LogP contribution >= 0.6 is 11.3 Å². The molecule has 0 bridgehead atoms. The number of hydrogen-bond acceptors (Lipinski definition) is 3. The highest BCUT2D eigenvalue weighted by Crippen LogP contribution is 2.08. The molecule has 1 heterocycles. The van der Waals surface area contributed by atoms with Crippen LogP contribution in [0.25, 0.3) is 0 Å². The van der Waals surface area contributed by atoms with E-state index in [4.69, 9.17) is 0 Å². The number of thiophene rings is 1. The summed E-state index contributed by atoms with van der Waals surface area (Å²) in [6, 6.07) is 3.42. The van der Waals surface area contributed by atoms with E-state index in [0.717, 1.165) is 12.8 Å². The van der Waals surface area contributed by atoms with Gasteiger partial charge in [-0.05, 0) is 17.9 Å². The summed E-state index contributed by atoms with van der Waals surface area (Å²) in [7, 11) is 0. The summed E-state index contributed by atoms with van der Waals surface area (Å²) in [5, 5.41) is 4.37. The minimum atomic E-state index is -0.499. The molecule has 0 aromatic carbocycles. The van der Waals surface area contributed by atoms with Crippen LogP contribution < -0.4 is 5.32 Å². The highest BCUT2D eigenvalue weighted by molar-refractivity contribution is 7.12. The molecule has 1 aromatic rings. The first-order chi connectivity index (χ1) is 6.75. The molecule has 0 fully saturated rings. The summed E-state index contributed by atoms with van der Waals surface area (Å²) in [4.78, 5) is 23.2. The smallest absolute Gasteiger partial charge is 0.293 e. The van der Waals surface area contributed by atoms with Gasteiger partial charge in [0.2, 0.25) is 0 Å². The molecule has 0 saturated carbocycles. The SMILES string of the molecule is CCCCNC(=O)C(=O)c1cccs1. The van der Waals surface area contributed by atoms with E-state index in [1.807, 2.05) is 6.92 Å². The van der Waals surface area contributed by atoms with Crippen LogP contribution in [0.2, 0.25) is 0 Å². The number of unbranched alkanes of at least 4 members (excludes halogenated alkanes) is 1. The molecule has 0 unspecified atom stereocenters. The molecule has 0 radical (unpaired) electrons. The van der Waals surface area contributed by atoms with Crippen molar-refractivity contribution < 1.29 is 9.59 Å². The topological polar surface area (TPSA) is 46.2 Å². The summed E-state index contributed by atoms with van der Waals surface area (Å²) in [5.74, 6) is -0.933. The van der Waals surface area contributed by atoms with Crippen LogP contribution in [0.4, 0.5) is 0 Å². The molecular weight excluding hydrogens is 198 g/mol. The summed E-state index contributed by atoms with van der Waals surface area (Å²) < 4.78 is 0. The van der Waals surface area contributed by atoms with Gasteiger partial charge in [-0.15, -0.1) is 11.3 Å². The fraction of sp³-hybridized carbons (Fsp3) is 0.400. The Kier molecular flexibility index (Phi) is 4.32. The van der Waals surface area contributed by atoms with Crippen LogP contribution in [-0.4, -0.2) is 18.2 Å². The fourth-order valence-electron chi connectivity index (χ4n) is 0.979. The predicted molar refractivity (Wildman–Crippen MR) is 56.6 cm³/mol. The second kappa shape index (κ2) is 5.54. The Morgan fingerprint density at radius 2 is 2.29 bits per heavy atom. The average Bonchev–Trinajstić information content (AvgIpc) is 2.69. The van der Waals surface area contributed by atoms with Gasteiger partial charge < -0.3 is 5.32 Å². The lowest BCUT2D eigenvalue weighted by atomic mass is 10.3. The Balaban J connectivity index is 2.42. The molecule has 0 aliphatic carbocycles. The van der Waals surface area contributed by atoms with Crippen LogP contribution in [-0.2, 0) is 4.79 Å². The highest BCUT2D eigenvalue weighted by atomic mass is 32.1. The van der Waals surface area contributed by atoms with Gasteiger partial charge in [-0.2, -0.15) is 0 Å². The third kappa shape index (κ3) is 2.96. The minimum absolute atomic E-state index is 0.434. The number of nitrogens with one attached hydrogen (secondary N) is 1. The minimum Gasteiger partial charge on any atom is -0.349 e. The van der Waals surface area contributed by atoms with E-state index in [1.54, 1.807) is 17.5 Å². The van der Waals surface area contributed by atoms with E-state index >= 15 is 0 Å². The van der Waals surface area contributed by atoms with Crippen molar-refractivity contribution in [3.05, 3.63) is 22.4 Å². The standard InChI is InChI=1S/C10H13NO2S/c1-2-3-6-11-10(13)9(12)8-5-4-7-14-8/h4-5,7H,2-3,6H2,1H3,(H,11,13). The van der Waals surface area contributed by atoms with Crippen molar-refractivity contribution in [1.29, 1.82) is 0 Å². The van der Waals surface area contributed by atoms with E-state index < -0.39 is 11.7 Å². The van der Waals surface area contributed by atoms with E-state index in [0.29, 0.717) is 11.4 Å². The lowest BCUT2D eigenvalue weighted by Crippen LogP contribution is -2.31. The van der Waals surface area contributed by atoms with Crippen molar-refractivity contribution in [2.24, 2.45) is 0 Å². The van der Waals surface area contributed by atoms with Gasteiger partial charge in [0.1, 0.15) is 0 Å². The lowest BCUT2D eigenvalue weighted by Gasteiger charge is -2.00. The number of Topliss-reactive ketones (excluding diaryl/α,β-unsaturated/α-hetero) is 1. The molecule has 1 aromatic heterocycles. The van der Waals surface area contributed by atoms with Gasteiger partial charge in [0, 0.05) is 6.54 Å². The molecule has 0 aliphatic rings. The maximum Gasteiger partial charge on any atom is 0.293 e. The molecular formula is C10H13NO2S. The maximum absolute atomic E-state index is 11.4. The van der Waals surface area contributed by atoms with Gasteiger partial charge in [-0.1, -0.05) is 19.4 Å². The van der Waals surface area contributed by atoms with Gasteiger partial charge in [-0.25, -0.2) is 0 Å². The zero-order valence-electron chi connectivity index (χ0n) is 8.08. The van der Waals surface area contributed by atoms with Crippen LogP contribution in [0.5, 0.6) is 0 Å². The van der Waals surface area contributed by atoms with E-state index in [1.165, 1.54) is 11.3 Å². The summed E-state index contributed by atoms with van der Waals surface area (Å²) in [6.45, 7) is 2.61. The number of amides is 1. The first-order valence-corrected chi connectivity index (χ1v) is 5.49. The molecule has 1 amide bonds. The molecule has 14 heavy (non-hydrogen) atoms. The monoisotopic (exact) mass is 211 g/mol. The number of hydrogen-bond donors (Lipinski definition) is 1. The second-order valence-electron chi connectivity index (χ2n) is 2.92. The number of rotatable bonds is 5. The van der Waals surface area contributed by atoms with Crippen LogP contribution in [0, 0.1) is 0 Å². The molecule has 3 nitrogen and oxygen atoms in total. The molecule has 0 saturated heterocycles. The largest absolute Gasteiger partial charge is 0.349 e. The van der Waals surface area contributed by atoms with Gasteiger partial charge >= 0.3 is 0 Å². The van der Waals surface area contributed by atoms with E-state index in [-0.39, 0.29) is 0 Å². The third-order valence-electron chi connectivity index (χ3n) is 1.77. The number of carbonyl (C=O) groups is 2. The lowest BCUT2D eigenvalue weighted by molar-refractivity contribution is -0.116. The summed E-state index contributed by atoms with van der Waals surface area (Å²) in [5.41, 5.74) is 0. The van der Waals surface area contributed by atoms with Crippen LogP contribution in [0.1, 0.15) is 29.4 Å².